The lowest BCUT2D eigenvalue weighted by Gasteiger charge is -2.27. The molecule has 0 aromatic heterocycles. The maximum Gasteiger partial charge on any atom is 0.227 e. The molecule has 1 aliphatic rings. The summed E-state index contributed by atoms with van der Waals surface area (Å²) in [6.45, 7) is 7.21. The molecule has 148 valence electrons. The van der Waals surface area contributed by atoms with Gasteiger partial charge in [-0.05, 0) is 41.2 Å². The molecule has 0 radical (unpaired) electrons. The van der Waals surface area contributed by atoms with Crippen molar-refractivity contribution >= 4 is 17.5 Å². The van der Waals surface area contributed by atoms with Crippen molar-refractivity contribution in [2.24, 2.45) is 5.92 Å². The zero-order chi connectivity index (χ0) is 20.3. The van der Waals surface area contributed by atoms with Crippen molar-refractivity contribution < 1.29 is 14.0 Å². The van der Waals surface area contributed by atoms with Gasteiger partial charge >= 0.3 is 0 Å². The molecule has 4 nitrogen and oxygen atoms in total. The van der Waals surface area contributed by atoms with Gasteiger partial charge in [-0.15, -0.1) is 0 Å². The summed E-state index contributed by atoms with van der Waals surface area (Å²) >= 11 is 0. The van der Waals surface area contributed by atoms with Gasteiger partial charge in [0.15, 0.2) is 0 Å². The van der Waals surface area contributed by atoms with Crippen LogP contribution in [0.5, 0.6) is 0 Å². The van der Waals surface area contributed by atoms with Crippen LogP contribution in [0.2, 0.25) is 0 Å². The predicted molar refractivity (Wildman–Crippen MR) is 109 cm³/mol. The summed E-state index contributed by atoms with van der Waals surface area (Å²) < 4.78 is 13.0. The standard InChI is InChI=1S/C23H27FN2O2/c1-23(2,3)19-6-4-5-7-20(19)26-15-17(14-21(26)27)22(28)25-13-12-16-8-10-18(24)11-9-16/h4-11,17H,12-15H2,1-3H3,(H,25,28). The molecule has 2 amide bonds. The first-order valence-electron chi connectivity index (χ1n) is 9.68. The van der Waals surface area contributed by atoms with E-state index in [-0.39, 0.29) is 35.4 Å². The highest BCUT2D eigenvalue weighted by Crippen LogP contribution is 2.35. The molecular formula is C23H27FN2O2. The lowest BCUT2D eigenvalue weighted by Crippen LogP contribution is -2.34. The van der Waals surface area contributed by atoms with E-state index in [9.17, 15) is 14.0 Å². The third kappa shape index (κ3) is 4.58. The SMILES string of the molecule is CC(C)(C)c1ccccc1N1CC(C(=O)NCCc2ccc(F)cc2)CC1=O. The minimum absolute atomic E-state index is 0.0182. The van der Waals surface area contributed by atoms with E-state index >= 15 is 0 Å². The smallest absolute Gasteiger partial charge is 0.227 e. The van der Waals surface area contributed by atoms with Gasteiger partial charge in [-0.1, -0.05) is 51.1 Å². The molecule has 1 N–H and O–H groups in total. The number of carbonyl (C=O) groups excluding carboxylic acids is 2. The average molecular weight is 382 g/mol. The van der Waals surface area contributed by atoms with Crippen molar-refractivity contribution in [2.45, 2.75) is 39.0 Å². The van der Waals surface area contributed by atoms with E-state index in [4.69, 9.17) is 0 Å². The van der Waals surface area contributed by atoms with Gasteiger partial charge in [0.25, 0.3) is 0 Å². The molecule has 0 aliphatic carbocycles. The monoisotopic (exact) mass is 382 g/mol. The third-order valence-corrected chi connectivity index (χ3v) is 5.12. The van der Waals surface area contributed by atoms with E-state index in [1.807, 2.05) is 24.3 Å². The van der Waals surface area contributed by atoms with Crippen LogP contribution in [-0.2, 0) is 21.4 Å². The Morgan fingerprint density at radius 2 is 1.82 bits per heavy atom. The second-order valence-corrected chi connectivity index (χ2v) is 8.34. The van der Waals surface area contributed by atoms with Crippen LogP contribution >= 0.6 is 0 Å². The largest absolute Gasteiger partial charge is 0.355 e. The second-order valence-electron chi connectivity index (χ2n) is 8.34. The number of halogens is 1. The molecule has 3 rings (SSSR count). The van der Waals surface area contributed by atoms with Crippen LogP contribution in [-0.4, -0.2) is 24.9 Å². The number of carbonyl (C=O) groups is 2. The van der Waals surface area contributed by atoms with Gasteiger partial charge in [0.05, 0.1) is 5.92 Å². The fraction of sp³-hybridized carbons (Fsp3) is 0.391. The van der Waals surface area contributed by atoms with Crippen molar-refractivity contribution in [2.75, 3.05) is 18.0 Å². The van der Waals surface area contributed by atoms with Gasteiger partial charge in [0, 0.05) is 25.2 Å². The van der Waals surface area contributed by atoms with Crippen molar-refractivity contribution in [3.8, 4) is 0 Å². The summed E-state index contributed by atoms with van der Waals surface area (Å²) in [4.78, 5) is 26.9. The lowest BCUT2D eigenvalue weighted by atomic mass is 9.85. The molecular weight excluding hydrogens is 355 g/mol. The highest BCUT2D eigenvalue weighted by atomic mass is 19.1. The summed E-state index contributed by atoms with van der Waals surface area (Å²) in [5.74, 6) is -0.747. The highest BCUT2D eigenvalue weighted by Gasteiger charge is 2.36. The fourth-order valence-electron chi connectivity index (χ4n) is 3.58. The average Bonchev–Trinajstić information content (AvgIpc) is 3.04. The molecule has 1 fully saturated rings. The van der Waals surface area contributed by atoms with Gasteiger partial charge in [-0.2, -0.15) is 0 Å². The van der Waals surface area contributed by atoms with Crippen LogP contribution in [0.3, 0.4) is 0 Å². The first-order chi connectivity index (χ1) is 13.3. The van der Waals surface area contributed by atoms with Crippen LogP contribution in [0.4, 0.5) is 10.1 Å². The fourth-order valence-corrected chi connectivity index (χ4v) is 3.58. The highest BCUT2D eigenvalue weighted by molar-refractivity contribution is 6.01. The number of nitrogens with one attached hydrogen (secondary N) is 1. The van der Waals surface area contributed by atoms with Gasteiger partial charge in [0.1, 0.15) is 5.82 Å². The molecule has 2 aromatic rings. The normalized spacial score (nSPS) is 17.1. The molecule has 1 saturated heterocycles. The summed E-state index contributed by atoms with van der Waals surface area (Å²) in [5.41, 5.74) is 2.86. The Hall–Kier alpha value is -2.69. The van der Waals surface area contributed by atoms with Crippen LogP contribution in [0.25, 0.3) is 0 Å². The van der Waals surface area contributed by atoms with Gasteiger partial charge in [-0.25, -0.2) is 4.39 Å². The Balaban J connectivity index is 1.61. The molecule has 1 aliphatic heterocycles. The molecule has 5 heteroatoms. The van der Waals surface area contributed by atoms with Crippen molar-refractivity contribution in [3.05, 3.63) is 65.5 Å². The molecule has 1 atom stereocenters. The van der Waals surface area contributed by atoms with E-state index in [1.54, 1.807) is 17.0 Å². The summed E-state index contributed by atoms with van der Waals surface area (Å²) in [7, 11) is 0. The van der Waals surface area contributed by atoms with Crippen LogP contribution in [0, 0.1) is 11.7 Å². The first-order valence-corrected chi connectivity index (χ1v) is 9.68. The molecule has 1 unspecified atom stereocenters. The Morgan fingerprint density at radius 1 is 1.14 bits per heavy atom. The first kappa shape index (κ1) is 20.1. The topological polar surface area (TPSA) is 49.4 Å². The number of rotatable bonds is 5. The molecule has 0 spiro atoms. The van der Waals surface area contributed by atoms with E-state index in [1.165, 1.54) is 12.1 Å². The number of para-hydroxylation sites is 1. The van der Waals surface area contributed by atoms with E-state index in [2.05, 4.69) is 26.1 Å². The number of nitrogens with zero attached hydrogens (tertiary/aromatic N) is 1. The molecule has 0 saturated carbocycles. The van der Waals surface area contributed by atoms with Crippen LogP contribution in [0.1, 0.15) is 38.3 Å². The van der Waals surface area contributed by atoms with E-state index in [0.29, 0.717) is 19.5 Å². The Bertz CT molecular complexity index is 856. The Labute approximate surface area is 165 Å². The van der Waals surface area contributed by atoms with Crippen LogP contribution in [0.15, 0.2) is 48.5 Å². The second kappa shape index (κ2) is 8.13. The zero-order valence-corrected chi connectivity index (χ0v) is 16.7. The summed E-state index contributed by atoms with van der Waals surface area (Å²) in [6, 6.07) is 14.1. The number of benzene rings is 2. The lowest BCUT2D eigenvalue weighted by molar-refractivity contribution is -0.126. The minimum atomic E-state index is -0.353. The maximum atomic E-state index is 13.0. The molecule has 1 heterocycles. The summed E-state index contributed by atoms with van der Waals surface area (Å²) in [5, 5.41) is 2.91. The number of hydrogen-bond donors (Lipinski definition) is 1. The van der Waals surface area contributed by atoms with Crippen molar-refractivity contribution in [1.29, 1.82) is 0 Å². The molecule has 0 bridgehead atoms. The quantitative estimate of drug-likeness (QED) is 0.854. The van der Waals surface area contributed by atoms with Crippen molar-refractivity contribution in [3.63, 3.8) is 0 Å². The van der Waals surface area contributed by atoms with E-state index < -0.39 is 0 Å². The molecule has 28 heavy (non-hydrogen) atoms. The molecule has 2 aromatic carbocycles. The van der Waals surface area contributed by atoms with Gasteiger partial charge < -0.3 is 10.2 Å². The third-order valence-electron chi connectivity index (χ3n) is 5.12. The number of amides is 2. The van der Waals surface area contributed by atoms with E-state index in [0.717, 1.165) is 16.8 Å². The van der Waals surface area contributed by atoms with Gasteiger partial charge in [0.2, 0.25) is 11.8 Å². The van der Waals surface area contributed by atoms with Crippen molar-refractivity contribution in [1.82, 2.24) is 5.32 Å². The maximum absolute atomic E-state index is 13.0. The Kier molecular flexibility index (Phi) is 5.82. The number of anilines is 1. The Morgan fingerprint density at radius 3 is 2.50 bits per heavy atom. The van der Waals surface area contributed by atoms with Crippen LogP contribution < -0.4 is 10.2 Å². The predicted octanol–water partition coefficient (Wildman–Crippen LogP) is 3.84. The van der Waals surface area contributed by atoms with Gasteiger partial charge in [-0.3, -0.25) is 9.59 Å². The minimum Gasteiger partial charge on any atom is -0.355 e. The number of hydrogen-bond acceptors (Lipinski definition) is 2. The zero-order valence-electron chi connectivity index (χ0n) is 16.7. The summed E-state index contributed by atoms with van der Waals surface area (Å²) in [6.07, 6.45) is 0.851.